The lowest BCUT2D eigenvalue weighted by atomic mass is 9.97. The molecule has 0 heterocycles. The number of carbonyl (C=O) groups excluding carboxylic acids is 1. The first-order chi connectivity index (χ1) is 14.8. The molecule has 4 heteroatoms. The molecular weight excluding hydrogens is 404 g/mol. The second-order valence-electron chi connectivity index (χ2n) is 8.02. The smallest absolute Gasteiger partial charge is 0.318 e. The molecule has 3 aromatic carbocycles. The predicted octanol–water partition coefficient (Wildman–Crippen LogP) is 6.37. The van der Waals surface area contributed by atoms with Crippen LogP contribution in [0.25, 0.3) is 4.91 Å². The van der Waals surface area contributed by atoms with E-state index in [0.717, 1.165) is 12.0 Å². The second-order valence-corrected chi connectivity index (χ2v) is 9.52. The van der Waals surface area contributed by atoms with Gasteiger partial charge in [-0.1, -0.05) is 75.0 Å². The SMILES string of the molecule is C=C(c1cccc(OC(=O)[C@@H](C)c2ccc(CC(C)C)cc2)c1)[S@@](=O)c1ccccc1. The molecular formula is C27H28O3S. The van der Waals surface area contributed by atoms with Crippen molar-refractivity contribution in [3.05, 3.63) is 102 Å². The first-order valence-electron chi connectivity index (χ1n) is 10.4. The van der Waals surface area contributed by atoms with E-state index in [9.17, 15) is 9.00 Å². The number of ether oxygens (including phenoxy) is 1. The zero-order valence-electron chi connectivity index (χ0n) is 18.2. The van der Waals surface area contributed by atoms with Gasteiger partial charge in [0.1, 0.15) is 5.75 Å². The van der Waals surface area contributed by atoms with Crippen LogP contribution in [0.1, 0.15) is 43.4 Å². The van der Waals surface area contributed by atoms with Crippen molar-refractivity contribution in [1.82, 2.24) is 0 Å². The number of rotatable bonds is 8. The van der Waals surface area contributed by atoms with Crippen molar-refractivity contribution in [2.75, 3.05) is 0 Å². The number of hydrogen-bond donors (Lipinski definition) is 0. The van der Waals surface area contributed by atoms with Crippen molar-refractivity contribution < 1.29 is 13.7 Å². The summed E-state index contributed by atoms with van der Waals surface area (Å²) in [4.78, 5) is 13.9. The molecule has 0 amide bonds. The Morgan fingerprint density at radius 1 is 0.935 bits per heavy atom. The van der Waals surface area contributed by atoms with Gasteiger partial charge in [0.25, 0.3) is 0 Å². The summed E-state index contributed by atoms with van der Waals surface area (Å²) < 4.78 is 18.4. The quantitative estimate of drug-likeness (QED) is 0.307. The molecule has 3 aromatic rings. The normalized spacial score (nSPS) is 12.9. The summed E-state index contributed by atoms with van der Waals surface area (Å²) in [5, 5.41) is 0. The van der Waals surface area contributed by atoms with E-state index >= 15 is 0 Å². The van der Waals surface area contributed by atoms with Crippen LogP contribution >= 0.6 is 0 Å². The average molecular weight is 433 g/mol. The lowest BCUT2D eigenvalue weighted by Gasteiger charge is -2.14. The Labute approximate surface area is 187 Å². The van der Waals surface area contributed by atoms with Gasteiger partial charge in [0, 0.05) is 9.80 Å². The van der Waals surface area contributed by atoms with Crippen molar-refractivity contribution in [3.8, 4) is 5.75 Å². The third-order valence-corrected chi connectivity index (χ3v) is 6.42. The molecule has 0 unspecified atom stereocenters. The number of carbonyl (C=O) groups is 1. The fourth-order valence-electron chi connectivity index (χ4n) is 3.28. The monoisotopic (exact) mass is 432 g/mol. The van der Waals surface area contributed by atoms with Crippen LogP contribution in [0.5, 0.6) is 5.75 Å². The van der Waals surface area contributed by atoms with E-state index in [1.54, 1.807) is 30.3 Å². The van der Waals surface area contributed by atoms with Crippen molar-refractivity contribution in [1.29, 1.82) is 0 Å². The maximum absolute atomic E-state index is 12.8. The Morgan fingerprint density at radius 3 is 2.26 bits per heavy atom. The van der Waals surface area contributed by atoms with Crippen LogP contribution in [0.15, 0.2) is 90.3 Å². The highest BCUT2D eigenvalue weighted by molar-refractivity contribution is 7.94. The van der Waals surface area contributed by atoms with Gasteiger partial charge in [-0.05, 0) is 60.2 Å². The lowest BCUT2D eigenvalue weighted by molar-refractivity contribution is -0.135. The van der Waals surface area contributed by atoms with Crippen LogP contribution in [0.2, 0.25) is 0 Å². The molecule has 160 valence electrons. The summed E-state index contributed by atoms with van der Waals surface area (Å²) in [7, 11) is -1.38. The maximum Gasteiger partial charge on any atom is 0.318 e. The molecule has 0 saturated heterocycles. The highest BCUT2D eigenvalue weighted by atomic mass is 32.2. The highest BCUT2D eigenvalue weighted by Crippen LogP contribution is 2.27. The molecule has 0 aromatic heterocycles. The minimum Gasteiger partial charge on any atom is -0.426 e. The largest absolute Gasteiger partial charge is 0.426 e. The highest BCUT2D eigenvalue weighted by Gasteiger charge is 2.18. The summed E-state index contributed by atoms with van der Waals surface area (Å²) in [6.07, 6.45) is 1.01. The topological polar surface area (TPSA) is 43.4 Å². The molecule has 3 nitrogen and oxygen atoms in total. The molecule has 2 atom stereocenters. The third kappa shape index (κ3) is 6.02. The molecule has 0 aliphatic rings. The number of hydrogen-bond acceptors (Lipinski definition) is 3. The second kappa shape index (κ2) is 10.4. The minimum absolute atomic E-state index is 0.330. The fraction of sp³-hybridized carbons (Fsp3) is 0.222. The molecule has 0 aliphatic heterocycles. The van der Waals surface area contributed by atoms with Crippen molar-refractivity contribution in [2.24, 2.45) is 5.92 Å². The summed E-state index contributed by atoms with van der Waals surface area (Å²) >= 11 is 0. The Morgan fingerprint density at radius 2 is 1.61 bits per heavy atom. The first-order valence-corrected chi connectivity index (χ1v) is 11.6. The minimum atomic E-state index is -1.38. The molecule has 0 spiro atoms. The zero-order chi connectivity index (χ0) is 22.4. The van der Waals surface area contributed by atoms with Crippen LogP contribution in [0, 0.1) is 5.92 Å². The lowest BCUT2D eigenvalue weighted by Crippen LogP contribution is -2.16. The summed E-state index contributed by atoms with van der Waals surface area (Å²) in [6, 6.07) is 24.3. The molecule has 0 N–H and O–H groups in total. The van der Waals surface area contributed by atoms with Crippen LogP contribution in [0.3, 0.4) is 0 Å². The van der Waals surface area contributed by atoms with Crippen molar-refractivity contribution >= 4 is 21.7 Å². The number of benzene rings is 3. The summed E-state index contributed by atoms with van der Waals surface area (Å²) in [5.41, 5.74) is 2.86. The van der Waals surface area contributed by atoms with Gasteiger partial charge in [0.2, 0.25) is 0 Å². The molecule has 0 radical (unpaired) electrons. The van der Waals surface area contributed by atoms with Gasteiger partial charge in [0.15, 0.2) is 0 Å². The van der Waals surface area contributed by atoms with E-state index in [1.807, 2.05) is 43.3 Å². The van der Waals surface area contributed by atoms with Gasteiger partial charge < -0.3 is 4.74 Å². The Bertz CT molecular complexity index is 1070. The molecule has 0 saturated carbocycles. The van der Waals surface area contributed by atoms with Gasteiger partial charge in [-0.2, -0.15) is 0 Å². The van der Waals surface area contributed by atoms with E-state index in [0.29, 0.717) is 27.0 Å². The van der Waals surface area contributed by atoms with Crippen LogP contribution in [-0.2, 0) is 22.0 Å². The van der Waals surface area contributed by atoms with Gasteiger partial charge in [-0.25, -0.2) is 4.21 Å². The molecule has 31 heavy (non-hydrogen) atoms. The van der Waals surface area contributed by atoms with E-state index in [2.05, 4.69) is 32.6 Å². The third-order valence-electron chi connectivity index (χ3n) is 5.03. The van der Waals surface area contributed by atoms with Crippen LogP contribution in [-0.4, -0.2) is 10.2 Å². The van der Waals surface area contributed by atoms with Crippen LogP contribution in [0.4, 0.5) is 0 Å². The Balaban J connectivity index is 1.69. The molecule has 3 rings (SSSR count). The fourth-order valence-corrected chi connectivity index (χ4v) is 4.31. The van der Waals surface area contributed by atoms with E-state index in [4.69, 9.17) is 4.74 Å². The summed E-state index contributed by atoms with van der Waals surface area (Å²) in [6.45, 7) is 10.2. The van der Waals surface area contributed by atoms with Gasteiger partial charge in [0.05, 0.1) is 16.7 Å². The predicted molar refractivity (Wildman–Crippen MR) is 127 cm³/mol. The van der Waals surface area contributed by atoms with Crippen molar-refractivity contribution in [2.45, 2.75) is 38.0 Å². The Kier molecular flexibility index (Phi) is 7.59. The summed E-state index contributed by atoms with van der Waals surface area (Å²) in [5.74, 6) is 0.283. The molecule has 0 fully saturated rings. The number of esters is 1. The standard InChI is InChI=1S/C27H28O3S/c1-19(2)17-22-13-15-23(16-14-22)20(3)27(28)30-25-10-8-9-24(18-25)21(4)31(29)26-11-6-5-7-12-26/h5-16,18-20H,4,17H2,1-3H3/t20-,31+/m0/s1. The molecule has 0 bridgehead atoms. The van der Waals surface area contributed by atoms with E-state index < -0.39 is 16.7 Å². The molecule has 0 aliphatic carbocycles. The van der Waals surface area contributed by atoms with Gasteiger partial charge in [-0.15, -0.1) is 0 Å². The van der Waals surface area contributed by atoms with Gasteiger partial charge in [-0.3, -0.25) is 4.79 Å². The van der Waals surface area contributed by atoms with Gasteiger partial charge >= 0.3 is 5.97 Å². The zero-order valence-corrected chi connectivity index (χ0v) is 19.0. The maximum atomic E-state index is 12.8. The Hall–Kier alpha value is -2.98. The van der Waals surface area contributed by atoms with Crippen molar-refractivity contribution in [3.63, 3.8) is 0 Å². The van der Waals surface area contributed by atoms with E-state index in [1.165, 1.54) is 5.56 Å². The van der Waals surface area contributed by atoms with E-state index in [-0.39, 0.29) is 5.97 Å². The average Bonchev–Trinajstić information content (AvgIpc) is 2.78. The van der Waals surface area contributed by atoms with Crippen LogP contribution < -0.4 is 4.74 Å². The first kappa shape index (κ1) is 22.7.